The molecule has 132 valence electrons. The number of carbonyl (C=O) groups is 1. The number of amidine groups is 1. The van der Waals surface area contributed by atoms with E-state index < -0.39 is 48.2 Å². The summed E-state index contributed by atoms with van der Waals surface area (Å²) in [6.45, 7) is 6.85. The molecule has 7 nitrogen and oxygen atoms in total. The Morgan fingerprint density at radius 3 is 2.70 bits per heavy atom. The van der Waals surface area contributed by atoms with Crippen molar-refractivity contribution in [2.75, 3.05) is 13.2 Å². The number of amides is 1. The van der Waals surface area contributed by atoms with Gasteiger partial charge in [0, 0.05) is 6.54 Å². The maximum atomic E-state index is 14.3. The van der Waals surface area contributed by atoms with Crippen LogP contribution in [-0.4, -0.2) is 75.0 Å². The predicted molar refractivity (Wildman–Crippen MR) is 84.1 cm³/mol. The van der Waals surface area contributed by atoms with E-state index in [1.807, 2.05) is 0 Å². The second-order valence-electron chi connectivity index (χ2n) is 6.41. The number of ether oxygens (including phenoxy) is 2. The van der Waals surface area contributed by atoms with Crippen molar-refractivity contribution < 1.29 is 28.9 Å². The molecule has 0 aromatic heterocycles. The molecular formula is C14H23FN2O5S. The van der Waals surface area contributed by atoms with Crippen molar-refractivity contribution in [3.05, 3.63) is 0 Å². The summed E-state index contributed by atoms with van der Waals surface area (Å²) in [5, 5.41) is 19.2. The molecule has 0 aromatic carbocycles. The van der Waals surface area contributed by atoms with Crippen molar-refractivity contribution >= 4 is 23.0 Å². The number of carbonyl (C=O) groups excluding carboxylic acids is 1. The van der Waals surface area contributed by atoms with Gasteiger partial charge >= 0.3 is 6.09 Å². The molecule has 0 spiro atoms. The van der Waals surface area contributed by atoms with Crippen LogP contribution in [0.4, 0.5) is 9.18 Å². The van der Waals surface area contributed by atoms with Crippen molar-refractivity contribution in [1.29, 1.82) is 0 Å². The zero-order valence-electron chi connectivity index (χ0n) is 13.6. The van der Waals surface area contributed by atoms with Crippen LogP contribution < -0.4 is 0 Å². The second kappa shape index (κ2) is 6.92. The maximum Gasteiger partial charge on any atom is 0.416 e. The van der Waals surface area contributed by atoms with E-state index >= 15 is 0 Å². The first-order valence-corrected chi connectivity index (χ1v) is 8.39. The third-order valence-electron chi connectivity index (χ3n) is 3.44. The van der Waals surface area contributed by atoms with E-state index in [9.17, 15) is 14.3 Å². The van der Waals surface area contributed by atoms with Gasteiger partial charge in [-0.1, -0.05) is 11.8 Å². The molecule has 0 radical (unpaired) electrons. The van der Waals surface area contributed by atoms with E-state index in [1.54, 1.807) is 27.7 Å². The van der Waals surface area contributed by atoms with Crippen molar-refractivity contribution in [1.82, 2.24) is 4.90 Å². The number of rotatable bonds is 2. The number of halogens is 1. The first-order chi connectivity index (χ1) is 10.7. The van der Waals surface area contributed by atoms with E-state index in [0.29, 0.717) is 11.7 Å². The summed E-state index contributed by atoms with van der Waals surface area (Å²) >= 11 is 1.10. The molecule has 9 heteroatoms. The third-order valence-corrected chi connectivity index (χ3v) is 4.60. The molecule has 0 aliphatic carbocycles. The van der Waals surface area contributed by atoms with Crippen LogP contribution in [-0.2, 0) is 9.47 Å². The summed E-state index contributed by atoms with van der Waals surface area (Å²) in [5.74, 6) is 0. The lowest BCUT2D eigenvalue weighted by Gasteiger charge is -2.36. The lowest BCUT2D eigenvalue weighted by Crippen LogP contribution is -2.53. The van der Waals surface area contributed by atoms with E-state index in [-0.39, 0.29) is 0 Å². The smallest absolute Gasteiger partial charge is 0.416 e. The second-order valence-corrected chi connectivity index (χ2v) is 7.47. The molecule has 2 N–H and O–H groups in total. The van der Waals surface area contributed by atoms with Crippen LogP contribution in [0.15, 0.2) is 4.99 Å². The Bertz CT molecular complexity index is 484. The molecule has 1 fully saturated rings. The quantitative estimate of drug-likeness (QED) is 0.776. The molecule has 5 atom stereocenters. The molecule has 0 bridgehead atoms. The highest BCUT2D eigenvalue weighted by atomic mass is 32.2. The Kier molecular flexibility index (Phi) is 5.55. The summed E-state index contributed by atoms with van der Waals surface area (Å²) in [6.07, 6.45) is -4.67. The number of thioether (sulfide) groups is 1. The highest BCUT2D eigenvalue weighted by molar-refractivity contribution is 8.14. The van der Waals surface area contributed by atoms with Crippen molar-refractivity contribution in [2.24, 2.45) is 4.99 Å². The number of fused-ring (bicyclic) bond motifs is 1. The number of alkyl halides is 1. The molecule has 2 aliphatic heterocycles. The number of hydrogen-bond acceptors (Lipinski definition) is 7. The SMILES string of the molecule is CCN(C(=O)OC(C)(C)C)C1=N[C@@H]2[C@@H](F)[C@H](O)[C@@H](CO)O[C@@H]2S1. The zero-order chi connectivity index (χ0) is 17.4. The fourth-order valence-corrected chi connectivity index (χ4v) is 3.60. The summed E-state index contributed by atoms with van der Waals surface area (Å²) in [6, 6.07) is -0.913. The molecular weight excluding hydrogens is 327 g/mol. The minimum atomic E-state index is -1.66. The number of nitrogens with zero attached hydrogens (tertiary/aromatic N) is 2. The summed E-state index contributed by atoms with van der Waals surface area (Å²) in [4.78, 5) is 17.7. The van der Waals surface area contributed by atoms with Crippen LogP contribution in [0.2, 0.25) is 0 Å². The van der Waals surface area contributed by atoms with Gasteiger partial charge in [-0.05, 0) is 27.7 Å². The van der Waals surface area contributed by atoms with Gasteiger partial charge in [0.15, 0.2) is 11.3 Å². The molecule has 1 amide bonds. The van der Waals surface area contributed by atoms with Crippen LogP contribution in [0, 0.1) is 0 Å². The minimum Gasteiger partial charge on any atom is -0.443 e. The van der Waals surface area contributed by atoms with Gasteiger partial charge in [0.1, 0.15) is 29.3 Å². The monoisotopic (exact) mass is 350 g/mol. The first kappa shape index (κ1) is 18.4. The van der Waals surface area contributed by atoms with Crippen LogP contribution in [0.5, 0.6) is 0 Å². The average Bonchev–Trinajstić information content (AvgIpc) is 2.85. The van der Waals surface area contributed by atoms with Gasteiger partial charge in [0.25, 0.3) is 0 Å². The van der Waals surface area contributed by atoms with E-state index in [4.69, 9.17) is 14.6 Å². The van der Waals surface area contributed by atoms with Gasteiger partial charge < -0.3 is 19.7 Å². The molecule has 2 heterocycles. The Balaban J connectivity index is 2.14. The highest BCUT2D eigenvalue weighted by Crippen LogP contribution is 2.38. The van der Waals surface area contributed by atoms with E-state index in [2.05, 4.69) is 4.99 Å². The summed E-state index contributed by atoms with van der Waals surface area (Å²) < 4.78 is 25.1. The molecule has 23 heavy (non-hydrogen) atoms. The van der Waals surface area contributed by atoms with Crippen LogP contribution >= 0.6 is 11.8 Å². The van der Waals surface area contributed by atoms with E-state index in [1.165, 1.54) is 4.90 Å². The number of aliphatic hydroxyl groups excluding tert-OH is 2. The molecule has 0 saturated carbocycles. The zero-order valence-corrected chi connectivity index (χ0v) is 14.4. The molecule has 0 unspecified atom stereocenters. The molecule has 2 aliphatic rings. The van der Waals surface area contributed by atoms with E-state index in [0.717, 1.165) is 11.8 Å². The maximum absolute atomic E-state index is 14.3. The molecule has 0 aromatic rings. The highest BCUT2D eigenvalue weighted by Gasteiger charge is 2.50. The van der Waals surface area contributed by atoms with Crippen molar-refractivity contribution in [3.63, 3.8) is 0 Å². The molecule has 2 rings (SSSR count). The summed E-state index contributed by atoms with van der Waals surface area (Å²) in [7, 11) is 0. The van der Waals surface area contributed by atoms with Gasteiger partial charge in [-0.2, -0.15) is 0 Å². The third kappa shape index (κ3) is 3.96. The van der Waals surface area contributed by atoms with Gasteiger partial charge in [0.2, 0.25) is 0 Å². The lowest BCUT2D eigenvalue weighted by molar-refractivity contribution is -0.144. The Labute approximate surface area is 138 Å². The van der Waals surface area contributed by atoms with Gasteiger partial charge in [-0.15, -0.1) is 0 Å². The number of aliphatic hydroxyl groups is 2. The fraction of sp³-hybridized carbons (Fsp3) is 0.857. The number of hydrogen-bond donors (Lipinski definition) is 2. The minimum absolute atomic E-state index is 0.296. The predicted octanol–water partition coefficient (Wildman–Crippen LogP) is 1.13. The van der Waals surface area contributed by atoms with Gasteiger partial charge in [-0.25, -0.2) is 9.18 Å². The standard InChI is InChI=1S/C14H23FN2O5S/c1-5-17(13(20)22-14(2,3)4)12-16-9-8(15)10(19)7(6-18)21-11(9)23-12/h7-11,18-19H,5-6H2,1-4H3/t7-,8-,9-,10-,11-/m1/s1. The normalized spacial score (nSPS) is 33.9. The summed E-state index contributed by atoms with van der Waals surface area (Å²) in [5.41, 5.74) is -1.34. The van der Waals surface area contributed by atoms with Gasteiger partial charge in [-0.3, -0.25) is 9.89 Å². The topological polar surface area (TPSA) is 91.6 Å². The average molecular weight is 350 g/mol. The Morgan fingerprint density at radius 2 is 2.17 bits per heavy atom. The van der Waals surface area contributed by atoms with Crippen LogP contribution in [0.3, 0.4) is 0 Å². The number of aliphatic imine (C=N–C) groups is 1. The molecule has 1 saturated heterocycles. The van der Waals surface area contributed by atoms with Gasteiger partial charge in [0.05, 0.1) is 6.61 Å². The van der Waals surface area contributed by atoms with Crippen LogP contribution in [0.1, 0.15) is 27.7 Å². The largest absolute Gasteiger partial charge is 0.443 e. The first-order valence-electron chi connectivity index (χ1n) is 7.51. The fourth-order valence-electron chi connectivity index (χ4n) is 2.33. The van der Waals surface area contributed by atoms with Crippen molar-refractivity contribution in [2.45, 2.75) is 63.2 Å². The lowest BCUT2D eigenvalue weighted by atomic mass is 10.0. The Hall–Kier alpha value is -0.900. The van der Waals surface area contributed by atoms with Crippen LogP contribution in [0.25, 0.3) is 0 Å². The van der Waals surface area contributed by atoms with Crippen molar-refractivity contribution in [3.8, 4) is 0 Å². The Morgan fingerprint density at radius 1 is 1.52 bits per heavy atom.